The van der Waals surface area contributed by atoms with Crippen molar-refractivity contribution in [1.29, 1.82) is 0 Å². The van der Waals surface area contributed by atoms with Crippen LogP contribution in [0.1, 0.15) is 22.3 Å². The van der Waals surface area contributed by atoms with Crippen molar-refractivity contribution in [1.82, 2.24) is 0 Å². The largest absolute Gasteiger partial charge is 0.457 e. The Morgan fingerprint density at radius 3 is 1.05 bits per heavy atom. The van der Waals surface area contributed by atoms with Gasteiger partial charge in [0.25, 0.3) is 11.4 Å². The molecular formula is C64H48F6N4O10P2. The van der Waals surface area contributed by atoms with Crippen LogP contribution in [0.15, 0.2) is 231 Å². The van der Waals surface area contributed by atoms with E-state index in [0.717, 1.165) is 29.8 Å². The Balaban J connectivity index is 0.000000206. The molecule has 0 radical (unpaired) electrons. The van der Waals surface area contributed by atoms with Gasteiger partial charge >= 0.3 is 12.4 Å². The highest BCUT2D eigenvalue weighted by atomic mass is 31.2. The van der Waals surface area contributed by atoms with Crippen LogP contribution in [0, 0.1) is 34.1 Å². The topological polar surface area (TPSA) is 209 Å². The summed E-state index contributed by atoms with van der Waals surface area (Å²) in [5.41, 5.74) is 9.89. The molecule has 0 saturated heterocycles. The molecule has 14 nitrogen and oxygen atoms in total. The first-order chi connectivity index (χ1) is 40.9. The second-order valence-electron chi connectivity index (χ2n) is 19.1. The minimum absolute atomic E-state index is 0.0451. The average molecular weight is 1210 g/mol. The third-order valence-corrected chi connectivity index (χ3v) is 19.4. The molecule has 436 valence electrons. The molecule has 0 bridgehead atoms. The quantitative estimate of drug-likeness (QED) is 0.0304. The number of nitro groups is 2. The van der Waals surface area contributed by atoms with Crippen LogP contribution in [0.4, 0.5) is 49.1 Å². The van der Waals surface area contributed by atoms with Gasteiger partial charge < -0.3 is 39.5 Å². The molecule has 10 rings (SSSR count). The Hall–Kier alpha value is -10.2. The Labute approximate surface area is 487 Å². The maximum atomic E-state index is 15.3. The van der Waals surface area contributed by atoms with Crippen LogP contribution >= 0.6 is 14.3 Å². The van der Waals surface area contributed by atoms with E-state index >= 15 is 9.13 Å². The fourth-order valence-corrected chi connectivity index (χ4v) is 14.7. The van der Waals surface area contributed by atoms with Crippen LogP contribution in [0.3, 0.4) is 0 Å². The lowest BCUT2D eigenvalue weighted by Crippen LogP contribution is -2.26. The maximum absolute atomic E-state index is 15.3. The molecule has 0 spiro atoms. The molecule has 0 aromatic heterocycles. The lowest BCUT2D eigenvalue weighted by Gasteiger charge is -2.24. The number of halogens is 6. The van der Waals surface area contributed by atoms with Gasteiger partial charge in [-0.2, -0.15) is 26.3 Å². The second-order valence-corrected chi connectivity index (χ2v) is 24.6. The van der Waals surface area contributed by atoms with E-state index in [2.05, 4.69) is 0 Å². The van der Waals surface area contributed by atoms with Gasteiger partial charge in [-0.15, -0.1) is 0 Å². The zero-order valence-electron chi connectivity index (χ0n) is 45.2. The van der Waals surface area contributed by atoms with Crippen molar-refractivity contribution in [2.24, 2.45) is 0 Å². The van der Waals surface area contributed by atoms with E-state index in [-0.39, 0.29) is 50.7 Å². The Bertz CT molecular complexity index is 4150. The SMILES string of the molecule is Cc1cc(N)ccc1Oc1ccc(Oc2ccc(N)cc2C(F)(F)F)cc1P(=O)(c1ccccc1)c1ccccc1.Cc1cc([N+](=O)[O-])ccc1Oc1ccc(Oc2ccc([N+](=O)[O-])cc2C(F)(F)F)cc1P(=O)(c1ccccc1)c1ccccc1. The molecule has 0 saturated carbocycles. The summed E-state index contributed by atoms with van der Waals surface area (Å²) in [5.74, 6) is -0.210. The molecule has 86 heavy (non-hydrogen) atoms. The van der Waals surface area contributed by atoms with Crippen molar-refractivity contribution < 1.29 is 64.3 Å². The molecule has 10 aromatic carbocycles. The number of rotatable bonds is 16. The molecule has 0 aliphatic rings. The van der Waals surface area contributed by atoms with Crippen LogP contribution in [-0.2, 0) is 21.5 Å². The van der Waals surface area contributed by atoms with Gasteiger partial charge in [0.05, 0.1) is 20.5 Å². The van der Waals surface area contributed by atoms with E-state index < -0.39 is 64.8 Å². The first-order valence-corrected chi connectivity index (χ1v) is 29.2. The van der Waals surface area contributed by atoms with Crippen molar-refractivity contribution in [3.05, 3.63) is 273 Å². The van der Waals surface area contributed by atoms with E-state index in [1.807, 2.05) is 19.1 Å². The smallest absolute Gasteiger partial charge is 0.420 e. The zero-order valence-corrected chi connectivity index (χ0v) is 47.0. The third-order valence-electron chi connectivity index (χ3n) is 13.3. The fraction of sp³-hybridized carbons (Fsp3) is 0.0625. The molecule has 0 fully saturated rings. The van der Waals surface area contributed by atoms with Gasteiger partial charge in [-0.05, 0) is 110 Å². The fourth-order valence-electron chi connectivity index (χ4n) is 9.13. The number of ether oxygens (including phenoxy) is 4. The van der Waals surface area contributed by atoms with Crippen LogP contribution in [0.2, 0.25) is 0 Å². The number of hydrogen-bond donors (Lipinski definition) is 2. The first-order valence-electron chi connectivity index (χ1n) is 25.8. The van der Waals surface area contributed by atoms with Crippen LogP contribution in [-0.4, -0.2) is 9.85 Å². The molecule has 0 aliphatic heterocycles. The molecule has 0 heterocycles. The number of benzene rings is 10. The number of anilines is 2. The maximum Gasteiger partial charge on any atom is 0.420 e. The number of non-ortho nitro benzene ring substituents is 2. The Morgan fingerprint density at radius 1 is 0.372 bits per heavy atom. The van der Waals surface area contributed by atoms with Gasteiger partial charge in [0.15, 0.2) is 14.3 Å². The molecule has 0 unspecified atom stereocenters. The number of alkyl halides is 6. The van der Waals surface area contributed by atoms with Crippen LogP contribution < -0.4 is 62.2 Å². The summed E-state index contributed by atoms with van der Waals surface area (Å²) in [5, 5.41) is 24.6. The molecule has 22 heteroatoms. The Morgan fingerprint density at radius 2 is 0.686 bits per heavy atom. The molecule has 10 aromatic rings. The van der Waals surface area contributed by atoms with Crippen LogP contribution in [0.25, 0.3) is 0 Å². The van der Waals surface area contributed by atoms with Gasteiger partial charge in [0.1, 0.15) is 57.1 Å². The van der Waals surface area contributed by atoms with Crippen molar-refractivity contribution in [3.63, 3.8) is 0 Å². The van der Waals surface area contributed by atoms with E-state index in [4.69, 9.17) is 30.4 Å². The Kier molecular flexibility index (Phi) is 17.5. The summed E-state index contributed by atoms with van der Waals surface area (Å²) in [6.45, 7) is 3.43. The lowest BCUT2D eigenvalue weighted by atomic mass is 10.1. The normalized spacial score (nSPS) is 11.6. The highest BCUT2D eigenvalue weighted by Gasteiger charge is 2.39. The number of nitrogens with two attached hydrogens (primary N) is 2. The number of hydrogen-bond acceptors (Lipinski definition) is 12. The van der Waals surface area contributed by atoms with E-state index in [9.17, 15) is 46.6 Å². The van der Waals surface area contributed by atoms with Gasteiger partial charge in [-0.25, -0.2) is 0 Å². The standard InChI is InChI=1S/C32H22F3N2O7P.C32H26F3N2O3P/c1-21-18-22(36(38)39)12-15-28(21)44-30-17-14-24(43-29-16-13-23(37(40)41)19-27(29)32(33,34)35)20-31(30)45(42,25-8-4-2-5-9-25)26-10-6-3-7-11-26;1-21-18-22(36)12-15-28(21)40-30-17-14-24(39-29-16-13-23(37)19-27(29)32(33,34)35)20-31(30)41(38,25-8-4-2-5-9-25)26-10-6-3-7-11-26/h2-20H,1H3;2-20H,36-37H2,1H3. The van der Waals surface area contributed by atoms with Crippen LogP contribution in [0.5, 0.6) is 46.0 Å². The minimum Gasteiger partial charge on any atom is -0.457 e. The predicted molar refractivity (Wildman–Crippen MR) is 319 cm³/mol. The average Bonchev–Trinajstić information content (AvgIpc) is 1.04. The van der Waals surface area contributed by atoms with Crippen molar-refractivity contribution >= 4 is 68.9 Å². The second kappa shape index (κ2) is 25.0. The number of aryl methyl sites for hydroxylation is 2. The number of nitrogens with zero attached hydrogens (tertiary/aromatic N) is 2. The summed E-state index contributed by atoms with van der Waals surface area (Å²) in [6.07, 6.45) is -9.68. The van der Waals surface area contributed by atoms with Crippen molar-refractivity contribution in [2.45, 2.75) is 26.2 Å². The van der Waals surface area contributed by atoms with Crippen molar-refractivity contribution in [3.8, 4) is 46.0 Å². The summed E-state index contributed by atoms with van der Waals surface area (Å²) in [4.78, 5) is 20.9. The highest BCUT2D eigenvalue weighted by molar-refractivity contribution is 7.86. The molecule has 0 amide bonds. The van der Waals surface area contributed by atoms with Crippen molar-refractivity contribution in [2.75, 3.05) is 11.5 Å². The summed E-state index contributed by atoms with van der Waals surface area (Å²) in [7, 11) is -7.44. The summed E-state index contributed by atoms with van der Waals surface area (Å²) in [6, 6.07) is 57.6. The van der Waals surface area contributed by atoms with E-state index in [1.165, 1.54) is 54.6 Å². The first kappa shape index (κ1) is 60.4. The molecule has 4 N–H and O–H groups in total. The molecule has 0 aliphatic carbocycles. The summed E-state index contributed by atoms with van der Waals surface area (Å²) < 4.78 is 138. The van der Waals surface area contributed by atoms with Gasteiger partial charge in [-0.1, -0.05) is 121 Å². The van der Waals surface area contributed by atoms with E-state index in [1.54, 1.807) is 140 Å². The number of nitro benzene ring substituents is 2. The van der Waals surface area contributed by atoms with Gasteiger partial charge in [0.2, 0.25) is 0 Å². The molecular weight excluding hydrogens is 1160 g/mol. The van der Waals surface area contributed by atoms with E-state index in [0.29, 0.717) is 44.3 Å². The third kappa shape index (κ3) is 13.3. The monoisotopic (exact) mass is 1210 g/mol. The zero-order chi connectivity index (χ0) is 61.6. The number of nitrogen functional groups attached to an aromatic ring is 2. The highest BCUT2D eigenvalue weighted by Crippen LogP contribution is 2.50. The summed E-state index contributed by atoms with van der Waals surface area (Å²) >= 11 is 0. The lowest BCUT2D eigenvalue weighted by molar-refractivity contribution is -0.385. The van der Waals surface area contributed by atoms with Gasteiger partial charge in [0, 0.05) is 56.9 Å². The predicted octanol–water partition coefficient (Wildman–Crippen LogP) is 15.5. The van der Waals surface area contributed by atoms with Gasteiger partial charge in [-0.3, -0.25) is 20.2 Å². The minimum atomic E-state index is -4.98. The molecule has 0 atom stereocenters.